The molecule has 0 atom stereocenters. The summed E-state index contributed by atoms with van der Waals surface area (Å²) in [4.78, 5) is 27.5. The van der Waals surface area contributed by atoms with E-state index in [4.69, 9.17) is 4.74 Å². The van der Waals surface area contributed by atoms with Crippen LogP contribution in [0.3, 0.4) is 0 Å². The van der Waals surface area contributed by atoms with Gasteiger partial charge in [-0.3, -0.25) is 9.59 Å². The van der Waals surface area contributed by atoms with Crippen molar-refractivity contribution in [2.45, 2.75) is 38.1 Å². The molecule has 23 heavy (non-hydrogen) atoms. The lowest BCUT2D eigenvalue weighted by Crippen LogP contribution is -2.49. The van der Waals surface area contributed by atoms with Gasteiger partial charge in [0.1, 0.15) is 0 Å². The molecular formula is C18H22N2O3. The van der Waals surface area contributed by atoms with E-state index in [1.165, 1.54) is 6.07 Å². The van der Waals surface area contributed by atoms with Crippen molar-refractivity contribution >= 4 is 16.8 Å². The normalized spacial score (nSPS) is 16.6. The zero-order valence-electron chi connectivity index (χ0n) is 13.6. The Labute approximate surface area is 135 Å². The number of carbonyl (C=O) groups excluding carboxylic acids is 1. The van der Waals surface area contributed by atoms with E-state index in [-0.39, 0.29) is 17.0 Å². The molecule has 0 aliphatic heterocycles. The van der Waals surface area contributed by atoms with Crippen LogP contribution in [0, 0.1) is 6.92 Å². The molecule has 0 spiro atoms. The fraction of sp³-hybridized carbons (Fsp3) is 0.444. The quantitative estimate of drug-likeness (QED) is 0.911. The third-order valence-corrected chi connectivity index (χ3v) is 4.60. The Morgan fingerprint density at radius 1 is 1.30 bits per heavy atom. The Morgan fingerprint density at radius 2 is 2.04 bits per heavy atom. The molecule has 3 rings (SSSR count). The predicted molar refractivity (Wildman–Crippen MR) is 89.8 cm³/mol. The first-order chi connectivity index (χ1) is 11.0. The number of hydrogen-bond donors (Lipinski definition) is 2. The fourth-order valence-corrected chi connectivity index (χ4v) is 3.50. The van der Waals surface area contributed by atoms with Crippen molar-refractivity contribution < 1.29 is 9.53 Å². The van der Waals surface area contributed by atoms with Crippen molar-refractivity contribution in [1.82, 2.24) is 10.3 Å². The van der Waals surface area contributed by atoms with E-state index in [1.54, 1.807) is 7.11 Å². The first kappa shape index (κ1) is 15.7. The number of nitrogens with one attached hydrogen (secondary N) is 2. The van der Waals surface area contributed by atoms with Crippen LogP contribution in [0.1, 0.15) is 41.6 Å². The number of fused-ring (bicyclic) bond motifs is 1. The Morgan fingerprint density at radius 3 is 2.74 bits per heavy atom. The van der Waals surface area contributed by atoms with Crippen LogP contribution in [0.25, 0.3) is 10.9 Å². The van der Waals surface area contributed by atoms with E-state index in [0.717, 1.165) is 36.6 Å². The van der Waals surface area contributed by atoms with Crippen LogP contribution in [0.2, 0.25) is 0 Å². The lowest BCUT2D eigenvalue weighted by atomic mass is 9.97. The maximum Gasteiger partial charge on any atom is 0.252 e. The number of aromatic nitrogens is 1. The number of rotatable bonds is 4. The van der Waals surface area contributed by atoms with Crippen LogP contribution in [0.15, 0.2) is 29.1 Å². The molecule has 1 aliphatic rings. The lowest BCUT2D eigenvalue weighted by Gasteiger charge is -2.29. The number of aromatic amines is 1. The van der Waals surface area contributed by atoms with Crippen molar-refractivity contribution in [2.24, 2.45) is 0 Å². The highest BCUT2D eigenvalue weighted by atomic mass is 16.5. The number of benzene rings is 1. The molecule has 0 unspecified atom stereocenters. The van der Waals surface area contributed by atoms with Gasteiger partial charge in [-0.2, -0.15) is 0 Å². The van der Waals surface area contributed by atoms with Crippen LogP contribution < -0.4 is 10.9 Å². The summed E-state index contributed by atoms with van der Waals surface area (Å²) >= 11 is 0. The first-order valence-electron chi connectivity index (χ1n) is 7.98. The number of H-pyrrole nitrogens is 1. The molecule has 1 aliphatic carbocycles. The van der Waals surface area contributed by atoms with Gasteiger partial charge in [0.05, 0.1) is 17.7 Å². The number of ether oxygens (including phenoxy) is 1. The summed E-state index contributed by atoms with van der Waals surface area (Å²) in [5, 5.41) is 3.90. The predicted octanol–water partition coefficient (Wildman–Crippen LogP) is 2.53. The first-order valence-corrected chi connectivity index (χ1v) is 7.98. The number of amides is 1. The van der Waals surface area contributed by atoms with Gasteiger partial charge in [-0.1, -0.05) is 24.5 Å². The maximum absolute atomic E-state index is 12.8. The highest BCUT2D eigenvalue weighted by Crippen LogP contribution is 2.30. The van der Waals surface area contributed by atoms with Gasteiger partial charge in [0, 0.05) is 24.1 Å². The lowest BCUT2D eigenvalue weighted by molar-refractivity contribution is 0.0768. The Hall–Kier alpha value is -2.14. The molecule has 5 nitrogen and oxygen atoms in total. The van der Waals surface area contributed by atoms with Gasteiger partial charge in [-0.25, -0.2) is 0 Å². The van der Waals surface area contributed by atoms with Crippen molar-refractivity contribution in [3.8, 4) is 0 Å². The van der Waals surface area contributed by atoms with Crippen LogP contribution >= 0.6 is 0 Å². The van der Waals surface area contributed by atoms with Crippen molar-refractivity contribution in [2.75, 3.05) is 13.7 Å². The molecule has 1 heterocycles. The topological polar surface area (TPSA) is 71.2 Å². The highest BCUT2D eigenvalue weighted by molar-refractivity contribution is 6.06. The minimum absolute atomic E-state index is 0.203. The third-order valence-electron chi connectivity index (χ3n) is 4.60. The van der Waals surface area contributed by atoms with Gasteiger partial charge < -0.3 is 15.0 Å². The summed E-state index contributed by atoms with van der Waals surface area (Å²) in [7, 11) is 1.65. The summed E-state index contributed by atoms with van der Waals surface area (Å²) in [6.07, 6.45) is 3.98. The Bertz CT molecular complexity index is 788. The van der Waals surface area contributed by atoms with E-state index < -0.39 is 0 Å². The second-order valence-electron chi connectivity index (χ2n) is 6.47. The zero-order chi connectivity index (χ0) is 16.4. The molecule has 0 radical (unpaired) electrons. The average Bonchev–Trinajstić information content (AvgIpc) is 2.95. The van der Waals surface area contributed by atoms with Crippen molar-refractivity contribution in [3.63, 3.8) is 0 Å². The van der Waals surface area contributed by atoms with Crippen molar-refractivity contribution in [3.05, 3.63) is 45.7 Å². The number of methoxy groups -OCH3 is 1. The molecule has 0 saturated heterocycles. The number of pyridine rings is 1. The Kier molecular flexibility index (Phi) is 4.22. The molecule has 1 aromatic heterocycles. The van der Waals surface area contributed by atoms with Gasteiger partial charge in [-0.05, 0) is 31.9 Å². The largest absolute Gasteiger partial charge is 0.382 e. The third kappa shape index (κ3) is 3.15. The molecule has 1 fully saturated rings. The van der Waals surface area contributed by atoms with E-state index in [9.17, 15) is 9.59 Å². The maximum atomic E-state index is 12.8. The molecule has 1 amide bonds. The molecule has 0 bridgehead atoms. The van der Waals surface area contributed by atoms with E-state index in [0.29, 0.717) is 17.7 Å². The molecule has 1 aromatic carbocycles. The molecule has 2 N–H and O–H groups in total. The minimum atomic E-state index is -0.315. The van der Waals surface area contributed by atoms with Crippen LogP contribution in [-0.4, -0.2) is 30.1 Å². The highest BCUT2D eigenvalue weighted by Gasteiger charge is 2.35. The Balaban J connectivity index is 2.00. The van der Waals surface area contributed by atoms with Crippen LogP contribution in [-0.2, 0) is 4.74 Å². The van der Waals surface area contributed by atoms with Crippen LogP contribution in [0.4, 0.5) is 0 Å². The van der Waals surface area contributed by atoms with Crippen LogP contribution in [0.5, 0.6) is 0 Å². The average molecular weight is 314 g/mol. The molecular weight excluding hydrogens is 292 g/mol. The molecule has 2 aromatic rings. The van der Waals surface area contributed by atoms with Crippen molar-refractivity contribution in [1.29, 1.82) is 0 Å². The number of carbonyl (C=O) groups is 1. The number of hydrogen-bond acceptors (Lipinski definition) is 3. The molecule has 122 valence electrons. The van der Waals surface area contributed by atoms with Gasteiger partial charge >= 0.3 is 0 Å². The van der Waals surface area contributed by atoms with Gasteiger partial charge in [0.2, 0.25) is 5.56 Å². The van der Waals surface area contributed by atoms with Gasteiger partial charge in [-0.15, -0.1) is 0 Å². The van der Waals surface area contributed by atoms with E-state index >= 15 is 0 Å². The smallest absolute Gasteiger partial charge is 0.252 e. The standard InChI is InChI=1S/C18H22N2O3/c1-12-5-6-15-13(9-12)14(10-16(21)19-15)17(22)20-18(11-23-2)7-3-4-8-18/h5-6,9-10H,3-4,7-8,11H2,1-2H3,(H,19,21)(H,20,22). The minimum Gasteiger partial charge on any atom is -0.382 e. The second kappa shape index (κ2) is 6.16. The summed E-state index contributed by atoms with van der Waals surface area (Å²) in [5.74, 6) is -0.203. The monoisotopic (exact) mass is 314 g/mol. The summed E-state index contributed by atoms with van der Waals surface area (Å²) in [6.45, 7) is 2.47. The second-order valence-corrected chi connectivity index (χ2v) is 6.47. The van der Waals surface area contributed by atoms with Gasteiger partial charge in [0.25, 0.3) is 5.91 Å². The number of aryl methyl sites for hydroxylation is 1. The molecule has 1 saturated carbocycles. The summed E-state index contributed by atoms with van der Waals surface area (Å²) < 4.78 is 5.31. The summed E-state index contributed by atoms with van der Waals surface area (Å²) in [6, 6.07) is 7.07. The fourth-order valence-electron chi connectivity index (χ4n) is 3.50. The summed E-state index contributed by atoms with van der Waals surface area (Å²) in [5.41, 5.74) is 1.57. The van der Waals surface area contributed by atoms with E-state index in [2.05, 4.69) is 10.3 Å². The van der Waals surface area contributed by atoms with Gasteiger partial charge in [0.15, 0.2) is 0 Å². The SMILES string of the molecule is COCC1(NC(=O)c2cc(=O)[nH]c3ccc(C)cc23)CCCC1. The molecule has 5 heteroatoms. The van der Waals surface area contributed by atoms with E-state index in [1.807, 2.05) is 25.1 Å². The zero-order valence-corrected chi connectivity index (χ0v) is 13.6.